The summed E-state index contributed by atoms with van der Waals surface area (Å²) >= 11 is 6.12. The van der Waals surface area contributed by atoms with Gasteiger partial charge in [0.25, 0.3) is 0 Å². The number of carbonyl (C=O) groups excluding carboxylic acids is 8. The van der Waals surface area contributed by atoms with Crippen molar-refractivity contribution in [2.45, 2.75) is 95.2 Å². The van der Waals surface area contributed by atoms with E-state index in [2.05, 4.69) is 26.6 Å². The van der Waals surface area contributed by atoms with Crippen molar-refractivity contribution < 1.29 is 43.1 Å². The number of ether oxygens (including phenoxy) is 1. The molecule has 5 N–H and O–H groups in total. The van der Waals surface area contributed by atoms with Gasteiger partial charge >= 0.3 is 6.03 Å². The fourth-order valence-electron chi connectivity index (χ4n) is 8.41. The van der Waals surface area contributed by atoms with Crippen molar-refractivity contribution in [3.63, 3.8) is 0 Å². The minimum Gasteiger partial charge on any atom is -0.373 e. The molecule has 59 heavy (non-hydrogen) atoms. The summed E-state index contributed by atoms with van der Waals surface area (Å²) in [6.07, 6.45) is 0.385. The van der Waals surface area contributed by atoms with E-state index in [4.69, 9.17) is 16.3 Å². The lowest BCUT2D eigenvalue weighted by molar-refractivity contribution is -0.156. The molecule has 17 nitrogen and oxygen atoms in total. The molecule has 316 valence electrons. The Hall–Kier alpha value is -5.55. The van der Waals surface area contributed by atoms with Crippen LogP contribution in [-0.2, 0) is 44.7 Å². The SMILES string of the molecule is Cc1cccc(C[C@H](NC(=O)Nc2cccc(Cl)c2)C(=O)N[C@@H]2C(=O)N3CCC[C@H]3C(=O)N3CC(=O)NC[C@H]3C(=O)N[C@@H](C)C(=O)N3C[C@H](C)CC3(C=O)CO[C@H]2C)c1. The molecule has 2 aromatic carbocycles. The van der Waals surface area contributed by atoms with E-state index in [1.165, 1.54) is 16.7 Å². The molecule has 0 aliphatic carbocycles. The number of hydrogen-bond donors (Lipinski definition) is 5. The van der Waals surface area contributed by atoms with Gasteiger partial charge in [0.15, 0.2) is 0 Å². The molecule has 6 rings (SSSR count). The zero-order valence-electron chi connectivity index (χ0n) is 33.5. The summed E-state index contributed by atoms with van der Waals surface area (Å²) in [6, 6.07) is 7.02. The predicted octanol–water partition coefficient (Wildman–Crippen LogP) is 0.914. The van der Waals surface area contributed by atoms with Crippen LogP contribution in [0.3, 0.4) is 0 Å². The van der Waals surface area contributed by atoms with Gasteiger partial charge in [-0.15, -0.1) is 0 Å². The number of hydrogen-bond acceptors (Lipinski definition) is 9. The molecule has 8 atom stereocenters. The first kappa shape index (κ1) is 43.0. The third-order valence-electron chi connectivity index (χ3n) is 11.4. The number of urea groups is 1. The predicted molar refractivity (Wildman–Crippen MR) is 215 cm³/mol. The zero-order chi connectivity index (χ0) is 42.6. The van der Waals surface area contributed by atoms with Gasteiger partial charge in [0.05, 0.1) is 12.7 Å². The molecule has 0 spiro atoms. The van der Waals surface area contributed by atoms with Crippen LogP contribution >= 0.6 is 11.6 Å². The number of piperazine rings is 1. The van der Waals surface area contributed by atoms with Gasteiger partial charge in [-0.05, 0) is 69.7 Å². The van der Waals surface area contributed by atoms with Crippen molar-refractivity contribution in [2.24, 2.45) is 5.92 Å². The average Bonchev–Trinajstić information content (AvgIpc) is 3.82. The van der Waals surface area contributed by atoms with Crippen LogP contribution in [0, 0.1) is 12.8 Å². The van der Waals surface area contributed by atoms with Crippen LogP contribution in [0.25, 0.3) is 0 Å². The maximum atomic E-state index is 14.8. The molecule has 0 bridgehead atoms. The number of nitrogens with one attached hydrogen (secondary N) is 5. The topological polar surface area (TPSA) is 216 Å². The monoisotopic (exact) mass is 834 g/mol. The normalized spacial score (nSPS) is 28.4. The van der Waals surface area contributed by atoms with Crippen LogP contribution in [0.1, 0.15) is 51.2 Å². The molecular weight excluding hydrogens is 784 g/mol. The summed E-state index contributed by atoms with van der Waals surface area (Å²) in [6.45, 7) is 6.07. The van der Waals surface area contributed by atoms with Gasteiger partial charge in [0.2, 0.25) is 35.4 Å². The molecule has 8 amide bonds. The van der Waals surface area contributed by atoms with E-state index in [-0.39, 0.29) is 51.4 Å². The highest BCUT2D eigenvalue weighted by Crippen LogP contribution is 2.34. The first-order valence-corrected chi connectivity index (χ1v) is 20.2. The number of carbonyl (C=O) groups is 8. The number of benzene rings is 2. The third kappa shape index (κ3) is 9.68. The largest absolute Gasteiger partial charge is 0.373 e. The summed E-state index contributed by atoms with van der Waals surface area (Å²) in [5.74, 6) is -3.95. The van der Waals surface area contributed by atoms with Gasteiger partial charge in [-0.25, -0.2) is 4.79 Å². The molecule has 4 aliphatic heterocycles. The number of fused-ring (bicyclic) bond motifs is 3. The maximum Gasteiger partial charge on any atom is 0.319 e. The minimum atomic E-state index is -1.47. The van der Waals surface area contributed by atoms with E-state index >= 15 is 0 Å². The van der Waals surface area contributed by atoms with E-state index in [9.17, 15) is 38.4 Å². The van der Waals surface area contributed by atoms with Gasteiger partial charge < -0.3 is 50.8 Å². The van der Waals surface area contributed by atoms with Crippen LogP contribution in [0.5, 0.6) is 0 Å². The van der Waals surface area contributed by atoms with E-state index in [0.29, 0.717) is 23.4 Å². The molecule has 2 aromatic rings. The number of rotatable bonds is 7. The molecule has 0 radical (unpaired) electrons. The number of amides is 8. The number of halogens is 1. The summed E-state index contributed by atoms with van der Waals surface area (Å²) in [5.41, 5.74) is 0.548. The fraction of sp³-hybridized carbons (Fsp3) is 0.512. The standard InChI is InChI=1S/C41H51ClN8O9/c1-23-8-5-9-27(14-23)15-30(46-40(58)45-29-11-6-10-28(42)16-29)35(53)47-34-26(4)59-22-41(21-51)17-24(2)19-50(41)37(55)25(3)44-36(54)32-18-43-33(52)20-49(32)38(56)31-12-7-13-48(31)39(34)57/h5-6,8-11,14,16,21,24-26,30-32,34H,7,12-13,15,17-20,22H2,1-4H3,(H,43,52)(H,44,54)(H,47,53)(H2,45,46,58)/t24-,25+,26+,30+,31+,32+,34+,41?/m1/s1. The lowest BCUT2D eigenvalue weighted by Crippen LogP contribution is -2.67. The Kier molecular flexibility index (Phi) is 13.2. The summed E-state index contributed by atoms with van der Waals surface area (Å²) in [5, 5.41) is 13.9. The molecule has 0 aromatic heterocycles. The number of aldehydes is 1. The summed E-state index contributed by atoms with van der Waals surface area (Å²) in [4.78, 5) is 114. The zero-order valence-corrected chi connectivity index (χ0v) is 34.3. The van der Waals surface area contributed by atoms with Crippen LogP contribution in [0.15, 0.2) is 48.5 Å². The van der Waals surface area contributed by atoms with Crippen molar-refractivity contribution >= 4 is 65.0 Å². The second kappa shape index (κ2) is 18.2. The van der Waals surface area contributed by atoms with Crippen molar-refractivity contribution in [1.29, 1.82) is 0 Å². The molecule has 18 heteroatoms. The van der Waals surface area contributed by atoms with E-state index in [1.54, 1.807) is 37.3 Å². The molecule has 1 unspecified atom stereocenters. The number of anilines is 1. The molecule has 4 aliphatic rings. The number of nitrogens with zero attached hydrogens (tertiary/aromatic N) is 3. The molecular formula is C41H51ClN8O9. The lowest BCUT2D eigenvalue weighted by atomic mass is 9.94. The van der Waals surface area contributed by atoms with Crippen molar-refractivity contribution in [1.82, 2.24) is 36.0 Å². The Morgan fingerprint density at radius 2 is 1.76 bits per heavy atom. The minimum absolute atomic E-state index is 0.0271. The first-order valence-electron chi connectivity index (χ1n) is 19.9. The van der Waals surface area contributed by atoms with Crippen molar-refractivity contribution in [3.8, 4) is 0 Å². The summed E-state index contributed by atoms with van der Waals surface area (Å²) < 4.78 is 6.31. The highest BCUT2D eigenvalue weighted by molar-refractivity contribution is 6.30. The fourth-order valence-corrected chi connectivity index (χ4v) is 8.61. The van der Waals surface area contributed by atoms with Crippen molar-refractivity contribution in [3.05, 3.63) is 64.7 Å². The maximum absolute atomic E-state index is 14.8. The quantitative estimate of drug-likeness (QED) is 0.251. The molecule has 4 heterocycles. The van der Waals surface area contributed by atoms with Gasteiger partial charge in [-0.2, -0.15) is 0 Å². The van der Waals surface area contributed by atoms with Gasteiger partial charge in [-0.3, -0.25) is 28.8 Å². The highest BCUT2D eigenvalue weighted by Gasteiger charge is 2.51. The first-order chi connectivity index (χ1) is 28.1. The van der Waals surface area contributed by atoms with Gasteiger partial charge in [0, 0.05) is 36.8 Å². The molecule has 0 saturated carbocycles. The van der Waals surface area contributed by atoms with E-state index in [1.807, 2.05) is 32.0 Å². The summed E-state index contributed by atoms with van der Waals surface area (Å²) in [7, 11) is 0. The van der Waals surface area contributed by atoms with Crippen molar-refractivity contribution in [2.75, 3.05) is 38.1 Å². The van der Waals surface area contributed by atoms with E-state index in [0.717, 1.165) is 16.0 Å². The highest BCUT2D eigenvalue weighted by atomic mass is 35.5. The average molecular weight is 835 g/mol. The smallest absolute Gasteiger partial charge is 0.319 e. The van der Waals surface area contributed by atoms with Gasteiger partial charge in [0.1, 0.15) is 48.6 Å². The Morgan fingerprint density at radius 1 is 1.00 bits per heavy atom. The Bertz CT molecular complexity index is 2000. The Labute approximate surface area is 347 Å². The number of aryl methyl sites for hydroxylation is 1. The Morgan fingerprint density at radius 3 is 2.49 bits per heavy atom. The van der Waals surface area contributed by atoms with Crippen LogP contribution in [0.2, 0.25) is 5.02 Å². The van der Waals surface area contributed by atoms with E-state index < -0.39 is 89.9 Å². The lowest BCUT2D eigenvalue weighted by Gasteiger charge is -2.40. The van der Waals surface area contributed by atoms with Gasteiger partial charge in [-0.1, -0.05) is 54.4 Å². The molecule has 4 fully saturated rings. The van der Waals surface area contributed by atoms with Crippen LogP contribution < -0.4 is 26.6 Å². The second-order valence-corrected chi connectivity index (χ2v) is 16.5. The molecule has 4 saturated heterocycles. The second-order valence-electron chi connectivity index (χ2n) is 16.0. The third-order valence-corrected chi connectivity index (χ3v) is 11.6. The Balaban J connectivity index is 1.35. The van der Waals surface area contributed by atoms with Crippen LogP contribution in [-0.4, -0.2) is 137 Å². The van der Waals surface area contributed by atoms with Crippen LogP contribution in [0.4, 0.5) is 10.5 Å².